The number of likely N-dealkylation sites (N-methyl/N-ethyl adjacent to an activating group) is 2. The molecule has 2 aliphatic rings. The van der Waals surface area contributed by atoms with E-state index in [0.29, 0.717) is 35.1 Å². The van der Waals surface area contributed by atoms with Crippen LogP contribution in [0.25, 0.3) is 21.5 Å². The minimum absolute atomic E-state index is 0.00762. The van der Waals surface area contributed by atoms with Gasteiger partial charge in [-0.2, -0.15) is 0 Å². The van der Waals surface area contributed by atoms with E-state index >= 15 is 0 Å². The summed E-state index contributed by atoms with van der Waals surface area (Å²) in [6.07, 6.45) is 1.60. The van der Waals surface area contributed by atoms with Crippen LogP contribution in [-0.4, -0.2) is 192 Å². The maximum atomic E-state index is 14.8. The second-order valence-electron chi connectivity index (χ2n) is 28.1. The van der Waals surface area contributed by atoms with Crippen LogP contribution in [0.15, 0.2) is 133 Å². The molecule has 0 saturated carbocycles. The minimum atomic E-state index is -1.30. The van der Waals surface area contributed by atoms with Gasteiger partial charge in [0.2, 0.25) is 59.1 Å². The van der Waals surface area contributed by atoms with Gasteiger partial charge in [-0.1, -0.05) is 116 Å². The van der Waals surface area contributed by atoms with Crippen molar-refractivity contribution in [3.05, 3.63) is 156 Å². The van der Waals surface area contributed by atoms with Crippen molar-refractivity contribution in [1.29, 1.82) is 10.8 Å². The molecule has 2 fully saturated rings. The van der Waals surface area contributed by atoms with Crippen LogP contribution in [0.2, 0.25) is 0 Å². The number of hydrogen-bond donors (Lipinski definition) is 16. The number of guanidine groups is 2. The number of nitrogens with one attached hydrogen (secondary N) is 12. The summed E-state index contributed by atoms with van der Waals surface area (Å²) in [5.41, 5.74) is 13.6. The van der Waals surface area contributed by atoms with E-state index in [1.165, 1.54) is 43.3 Å². The summed E-state index contributed by atoms with van der Waals surface area (Å²) in [5.74, 6) is -9.02. The molecule has 8 rings (SSSR count). The first kappa shape index (κ1) is 83.7. The van der Waals surface area contributed by atoms with E-state index in [1.54, 1.807) is 24.3 Å². The van der Waals surface area contributed by atoms with Gasteiger partial charge in [-0.05, 0) is 139 Å². The molecular weight excluding hydrogens is 1410 g/mol. The van der Waals surface area contributed by atoms with Crippen LogP contribution >= 0.6 is 0 Å². The summed E-state index contributed by atoms with van der Waals surface area (Å²) < 4.78 is 0. The Kier molecular flexibility index (Phi) is 31.9. The van der Waals surface area contributed by atoms with E-state index in [9.17, 15) is 67.7 Å². The average Bonchev–Trinajstić information content (AvgIpc) is 1.17. The summed E-state index contributed by atoms with van der Waals surface area (Å²) >= 11 is 0. The smallest absolute Gasteiger partial charge is 0.245 e. The number of carbonyl (C=O) groups excluding carboxylic acids is 12. The lowest BCUT2D eigenvalue weighted by atomic mass is 9.91. The van der Waals surface area contributed by atoms with Crippen LogP contribution in [0.5, 0.6) is 11.5 Å². The van der Waals surface area contributed by atoms with Gasteiger partial charge in [0, 0.05) is 84.6 Å². The number of aromatic hydroxyl groups is 2. The van der Waals surface area contributed by atoms with Gasteiger partial charge in [0.1, 0.15) is 59.6 Å². The van der Waals surface area contributed by atoms with Crippen LogP contribution in [0.1, 0.15) is 119 Å². The Morgan fingerprint density at radius 3 is 1.35 bits per heavy atom. The molecule has 586 valence electrons. The van der Waals surface area contributed by atoms with Crippen LogP contribution in [-0.2, 0) is 83.2 Å². The Bertz CT molecular complexity index is 4000. The maximum Gasteiger partial charge on any atom is 0.245 e. The number of rotatable bonds is 30. The molecule has 6 aromatic rings. The zero-order valence-corrected chi connectivity index (χ0v) is 62.1. The normalized spacial score (nSPS) is 20.2. The molecule has 0 bridgehead atoms. The Balaban J connectivity index is 0.899. The van der Waals surface area contributed by atoms with Gasteiger partial charge >= 0.3 is 0 Å². The number of phenols is 2. The lowest BCUT2D eigenvalue weighted by molar-refractivity contribution is -0.144. The molecule has 0 spiro atoms. The molecule has 2 heterocycles. The second kappa shape index (κ2) is 42.0. The Hall–Kier alpha value is -12.0. The quantitative estimate of drug-likeness (QED) is 0.0175. The first-order valence-corrected chi connectivity index (χ1v) is 37.3. The van der Waals surface area contributed by atoms with Crippen molar-refractivity contribution in [3.8, 4) is 11.5 Å². The lowest BCUT2D eigenvalue weighted by Crippen LogP contribution is -2.58. The van der Waals surface area contributed by atoms with Crippen LogP contribution in [0.4, 0.5) is 0 Å². The summed E-state index contributed by atoms with van der Waals surface area (Å²) in [7, 11) is 2.81. The number of nitrogens with zero attached hydrogens (tertiary/aromatic N) is 2. The highest BCUT2D eigenvalue weighted by molar-refractivity contribution is 5.99. The number of benzene rings is 6. The molecule has 0 aromatic heterocycles. The van der Waals surface area contributed by atoms with Crippen molar-refractivity contribution in [2.75, 3.05) is 46.8 Å². The van der Waals surface area contributed by atoms with Crippen molar-refractivity contribution in [1.82, 2.24) is 63.0 Å². The molecule has 2 aliphatic heterocycles. The van der Waals surface area contributed by atoms with Crippen LogP contribution in [0, 0.1) is 16.7 Å². The summed E-state index contributed by atoms with van der Waals surface area (Å²) in [6, 6.07) is 29.7. The zero-order chi connectivity index (χ0) is 79.2. The molecule has 2 saturated heterocycles. The van der Waals surface area contributed by atoms with E-state index in [-0.39, 0.29) is 164 Å². The summed E-state index contributed by atoms with van der Waals surface area (Å²) in [6.45, 7) is -0.724. The number of Topliss-reactive ketones (excluding diaryl/α,β-unsaturated/α-hetero) is 2. The lowest BCUT2D eigenvalue weighted by Gasteiger charge is -2.32. The average molecular weight is 1510 g/mol. The standard InChI is InChI=1S/C80H102N16O14/c1-95-67(75(107)91-62(20-11-38-86-79(81)82)73(105)93-64(44-51-25-31-53-14-3-5-16-55(53)41-51)71(103)88-47-61(100)46-57(77(95)109)40-49-27-33-59(98)34-28-49)22-9-7-18-58(97)19-8-10-24-69(101)85-37-13-23-68-76(108)92-63(21-12-39-87-80(83)84)74(106)94-65(45-52-26-32-54-15-4-6-17-56(54)42-52)72(104)89-48-70(102)90-66(78(110)96(68)2)43-50-29-35-60(99)36-30-50/h3-6,14-17,25-36,41-42,57,62-68,98-99H,7-13,18-24,37-40,43-48H2,1-2H3,(H,85,101)(H,88,103)(H,89,104)(H,90,102)(H,91,107)(H,92,108)(H,93,105)(H,94,106)(H4,81,82,86)(H4,83,84,87)/t57?,62-,63-,64-,65-,66?,67?,68?/m0/s1. The molecule has 18 N–H and O–H groups in total. The maximum absolute atomic E-state index is 14.8. The van der Waals surface area contributed by atoms with Gasteiger partial charge in [0.05, 0.1) is 13.1 Å². The Labute approximate surface area is 638 Å². The predicted molar refractivity (Wildman–Crippen MR) is 413 cm³/mol. The van der Waals surface area contributed by atoms with Crippen molar-refractivity contribution in [2.45, 2.75) is 164 Å². The van der Waals surface area contributed by atoms with Crippen molar-refractivity contribution in [2.24, 2.45) is 17.4 Å². The number of ketones is 2. The highest BCUT2D eigenvalue weighted by Crippen LogP contribution is 2.25. The first-order valence-electron chi connectivity index (χ1n) is 37.3. The fraction of sp³-hybridized carbons (Fsp3) is 0.425. The molecular formula is C80H102N16O14. The van der Waals surface area contributed by atoms with Gasteiger partial charge in [0.25, 0.3) is 0 Å². The van der Waals surface area contributed by atoms with E-state index in [0.717, 1.165) is 26.4 Å². The molecule has 30 heteroatoms. The monoisotopic (exact) mass is 1510 g/mol. The van der Waals surface area contributed by atoms with Gasteiger partial charge in [-0.3, -0.25) is 68.4 Å². The summed E-state index contributed by atoms with van der Waals surface area (Å²) in [4.78, 5) is 173. The van der Waals surface area contributed by atoms with E-state index < -0.39 is 120 Å². The molecule has 6 aromatic carbocycles. The van der Waals surface area contributed by atoms with Crippen LogP contribution in [0.3, 0.4) is 0 Å². The fourth-order valence-electron chi connectivity index (χ4n) is 13.6. The Morgan fingerprint density at radius 1 is 0.427 bits per heavy atom. The first-order chi connectivity index (χ1) is 52.8. The highest BCUT2D eigenvalue weighted by atomic mass is 16.3. The number of nitrogens with two attached hydrogens (primary N) is 2. The third-order valence-electron chi connectivity index (χ3n) is 19.6. The summed E-state index contributed by atoms with van der Waals surface area (Å²) in [5, 5.41) is 66.6. The third-order valence-corrected chi connectivity index (χ3v) is 19.6. The number of unbranched alkanes of at least 4 members (excludes halogenated alkanes) is 2. The number of fused-ring (bicyclic) bond motifs is 2. The van der Waals surface area contributed by atoms with Crippen LogP contribution < -0.4 is 64.6 Å². The number of carbonyl (C=O) groups is 12. The minimum Gasteiger partial charge on any atom is -0.508 e. The molecule has 0 aliphatic carbocycles. The van der Waals surface area contributed by atoms with Crippen molar-refractivity contribution < 1.29 is 67.7 Å². The molecule has 8 atom stereocenters. The van der Waals surface area contributed by atoms with Crippen molar-refractivity contribution in [3.63, 3.8) is 0 Å². The highest BCUT2D eigenvalue weighted by Gasteiger charge is 2.38. The van der Waals surface area contributed by atoms with Gasteiger partial charge in [-0.15, -0.1) is 0 Å². The number of amides is 10. The topological polar surface area (TPSA) is 472 Å². The molecule has 4 unspecified atom stereocenters. The molecule has 10 amide bonds. The van der Waals surface area contributed by atoms with E-state index in [4.69, 9.17) is 22.3 Å². The van der Waals surface area contributed by atoms with E-state index in [1.807, 2.05) is 84.9 Å². The number of phenolic OH excluding ortho intramolecular Hbond substituents is 2. The molecule has 0 radical (unpaired) electrons. The predicted octanol–water partition coefficient (Wildman–Crippen LogP) is 2.70. The SMILES string of the molecule is CN1C(=O)C(Cc2ccc(O)cc2)CC(=O)CNC(=O)[C@H](Cc2ccc3ccccc3c2)NC(=O)[C@H](CCCNC(=N)N)NC(=O)C1CCCCC(=O)CCCCC(=O)NCCCC1C(=O)N[C@@H](CCCNC(=N)N)C(=O)N[C@@H](Cc2ccc3ccccc3c2)C(=O)NCC(=O)NC(Cc2ccc(O)cc2)C(=O)N1C. The second-order valence-corrected chi connectivity index (χ2v) is 28.1. The van der Waals surface area contributed by atoms with E-state index in [2.05, 4.69) is 53.2 Å². The van der Waals surface area contributed by atoms with Gasteiger partial charge in [0.15, 0.2) is 17.7 Å². The number of hydrogen-bond acceptors (Lipinski definition) is 16. The third kappa shape index (κ3) is 26.5. The van der Waals surface area contributed by atoms with Crippen molar-refractivity contribution >= 4 is 104 Å². The van der Waals surface area contributed by atoms with Gasteiger partial charge < -0.3 is 84.6 Å². The fourth-order valence-corrected chi connectivity index (χ4v) is 13.6. The Morgan fingerprint density at radius 2 is 0.836 bits per heavy atom. The molecule has 30 nitrogen and oxygen atoms in total. The zero-order valence-electron chi connectivity index (χ0n) is 62.1. The molecule has 110 heavy (non-hydrogen) atoms. The van der Waals surface area contributed by atoms with Gasteiger partial charge in [-0.25, -0.2) is 0 Å². The largest absolute Gasteiger partial charge is 0.508 e.